The standard InChI is InChI=1S/C17H17ClN2O4/c1-12(13-5-4-6-14(18)9-13)19-15(21)11-24-17(23)10-20-8-3-2-7-16(20)22/h2-9,12H,10-11H2,1H3,(H,19,21)/t12-/m0/s1. The Balaban J connectivity index is 1.81. The number of pyridine rings is 1. The van der Waals surface area contributed by atoms with Gasteiger partial charge in [-0.25, -0.2) is 0 Å². The molecular weight excluding hydrogens is 332 g/mol. The molecule has 0 saturated heterocycles. The van der Waals surface area contributed by atoms with Crippen molar-refractivity contribution in [1.29, 1.82) is 0 Å². The molecule has 0 spiro atoms. The fraction of sp³-hybridized carbons (Fsp3) is 0.235. The number of hydrogen-bond donors (Lipinski definition) is 1. The Morgan fingerprint density at radius 3 is 2.75 bits per heavy atom. The van der Waals surface area contributed by atoms with Crippen molar-refractivity contribution in [2.75, 3.05) is 6.61 Å². The van der Waals surface area contributed by atoms with Crippen LogP contribution in [-0.2, 0) is 20.9 Å². The zero-order valence-electron chi connectivity index (χ0n) is 13.1. The van der Waals surface area contributed by atoms with Crippen molar-refractivity contribution >= 4 is 23.5 Å². The minimum absolute atomic E-state index is 0.239. The van der Waals surface area contributed by atoms with Gasteiger partial charge in [-0.2, -0.15) is 0 Å². The van der Waals surface area contributed by atoms with Crippen molar-refractivity contribution in [2.24, 2.45) is 0 Å². The van der Waals surface area contributed by atoms with Crippen LogP contribution < -0.4 is 10.9 Å². The smallest absolute Gasteiger partial charge is 0.326 e. The Hall–Kier alpha value is -2.60. The Kier molecular flexibility index (Phi) is 6.14. The Bertz CT molecular complexity index is 788. The summed E-state index contributed by atoms with van der Waals surface area (Å²) >= 11 is 5.91. The van der Waals surface area contributed by atoms with E-state index in [1.165, 1.54) is 16.8 Å². The molecule has 1 amide bonds. The molecule has 0 aliphatic heterocycles. The van der Waals surface area contributed by atoms with Gasteiger partial charge in [0.05, 0.1) is 6.04 Å². The molecule has 1 atom stereocenters. The largest absolute Gasteiger partial charge is 0.454 e. The predicted molar refractivity (Wildman–Crippen MR) is 89.7 cm³/mol. The number of esters is 1. The molecule has 1 N–H and O–H groups in total. The SMILES string of the molecule is C[C@H](NC(=O)COC(=O)Cn1ccccc1=O)c1cccc(Cl)c1. The topological polar surface area (TPSA) is 77.4 Å². The number of amides is 1. The zero-order valence-corrected chi connectivity index (χ0v) is 13.8. The van der Waals surface area contributed by atoms with E-state index in [1.54, 1.807) is 37.3 Å². The van der Waals surface area contributed by atoms with Crippen molar-refractivity contribution in [3.63, 3.8) is 0 Å². The summed E-state index contributed by atoms with van der Waals surface area (Å²) in [5.41, 5.74) is 0.534. The van der Waals surface area contributed by atoms with Crippen LogP contribution in [0, 0.1) is 0 Å². The molecule has 1 aromatic heterocycles. The van der Waals surface area contributed by atoms with E-state index in [-0.39, 0.29) is 18.1 Å². The molecule has 0 aliphatic carbocycles. The molecule has 0 bridgehead atoms. The average molecular weight is 349 g/mol. The van der Waals surface area contributed by atoms with E-state index in [0.717, 1.165) is 5.56 Å². The molecule has 0 unspecified atom stereocenters. The summed E-state index contributed by atoms with van der Waals surface area (Å²) < 4.78 is 6.09. The number of carbonyl (C=O) groups excluding carboxylic acids is 2. The molecule has 126 valence electrons. The summed E-state index contributed by atoms with van der Waals surface area (Å²) in [4.78, 5) is 35.0. The maximum absolute atomic E-state index is 11.8. The number of hydrogen-bond acceptors (Lipinski definition) is 4. The molecule has 0 fully saturated rings. The highest BCUT2D eigenvalue weighted by molar-refractivity contribution is 6.30. The van der Waals surface area contributed by atoms with Crippen LogP contribution in [0.15, 0.2) is 53.5 Å². The number of ether oxygens (including phenoxy) is 1. The number of nitrogens with one attached hydrogen (secondary N) is 1. The Labute approximate surface area is 144 Å². The third-order valence-electron chi connectivity index (χ3n) is 3.29. The van der Waals surface area contributed by atoms with Crippen molar-refractivity contribution in [3.05, 3.63) is 69.6 Å². The number of halogens is 1. The lowest BCUT2D eigenvalue weighted by molar-refractivity contribution is -0.149. The van der Waals surface area contributed by atoms with E-state index >= 15 is 0 Å². The number of carbonyl (C=O) groups is 2. The molecule has 0 radical (unpaired) electrons. The summed E-state index contributed by atoms with van der Waals surface area (Å²) in [5.74, 6) is -1.09. The van der Waals surface area contributed by atoms with Crippen LogP contribution in [0.2, 0.25) is 5.02 Å². The zero-order chi connectivity index (χ0) is 17.5. The summed E-state index contributed by atoms with van der Waals surface area (Å²) in [6.07, 6.45) is 1.48. The predicted octanol–water partition coefficient (Wildman–Crippen LogP) is 1.92. The van der Waals surface area contributed by atoms with Crippen molar-refractivity contribution in [1.82, 2.24) is 9.88 Å². The van der Waals surface area contributed by atoms with Gasteiger partial charge >= 0.3 is 5.97 Å². The second-order valence-electron chi connectivity index (χ2n) is 5.17. The molecule has 1 aromatic carbocycles. The first-order valence-electron chi connectivity index (χ1n) is 7.31. The van der Waals surface area contributed by atoms with E-state index in [1.807, 2.05) is 6.07 Å². The fourth-order valence-corrected chi connectivity index (χ4v) is 2.26. The van der Waals surface area contributed by atoms with Crippen LogP contribution in [-0.4, -0.2) is 23.1 Å². The second kappa shape index (κ2) is 8.31. The maximum atomic E-state index is 11.8. The fourth-order valence-electron chi connectivity index (χ4n) is 2.06. The number of aromatic nitrogens is 1. The quantitative estimate of drug-likeness (QED) is 0.809. The molecule has 6 nitrogen and oxygen atoms in total. The minimum atomic E-state index is -0.658. The van der Waals surface area contributed by atoms with Crippen LogP contribution in [0.25, 0.3) is 0 Å². The lowest BCUT2D eigenvalue weighted by Crippen LogP contribution is -2.32. The van der Waals surface area contributed by atoms with E-state index in [9.17, 15) is 14.4 Å². The van der Waals surface area contributed by atoms with Crippen LogP contribution >= 0.6 is 11.6 Å². The number of rotatable bonds is 6. The normalized spacial score (nSPS) is 11.6. The number of benzene rings is 1. The molecule has 1 heterocycles. The summed E-state index contributed by atoms with van der Waals surface area (Å²) in [7, 11) is 0. The Morgan fingerprint density at radius 2 is 2.04 bits per heavy atom. The first kappa shape index (κ1) is 17.7. The maximum Gasteiger partial charge on any atom is 0.326 e. The highest BCUT2D eigenvalue weighted by Crippen LogP contribution is 2.17. The second-order valence-corrected chi connectivity index (χ2v) is 5.61. The summed E-state index contributed by atoms with van der Waals surface area (Å²) in [6.45, 7) is 1.15. The van der Waals surface area contributed by atoms with Crippen molar-refractivity contribution in [3.8, 4) is 0 Å². The van der Waals surface area contributed by atoms with Crippen molar-refractivity contribution in [2.45, 2.75) is 19.5 Å². The third-order valence-corrected chi connectivity index (χ3v) is 3.52. The van der Waals surface area contributed by atoms with Crippen molar-refractivity contribution < 1.29 is 14.3 Å². The van der Waals surface area contributed by atoms with Gasteiger partial charge in [0.1, 0.15) is 6.54 Å². The van der Waals surface area contributed by atoms with Gasteiger partial charge in [-0.1, -0.05) is 29.8 Å². The molecular formula is C17H17ClN2O4. The first-order valence-corrected chi connectivity index (χ1v) is 7.69. The molecule has 24 heavy (non-hydrogen) atoms. The molecule has 0 aliphatic rings. The van der Waals surface area contributed by atoms with Crippen LogP contribution in [0.4, 0.5) is 0 Å². The summed E-state index contributed by atoms with van der Waals surface area (Å²) in [6, 6.07) is 11.4. The summed E-state index contributed by atoms with van der Waals surface area (Å²) in [5, 5.41) is 3.29. The van der Waals surface area contributed by atoms with Crippen LogP contribution in [0.3, 0.4) is 0 Å². The van der Waals surface area contributed by atoms with Crippen LogP contribution in [0.5, 0.6) is 0 Å². The first-order chi connectivity index (χ1) is 11.5. The monoisotopic (exact) mass is 348 g/mol. The van der Waals surface area contributed by atoms with Gasteiger partial charge < -0.3 is 14.6 Å². The van der Waals surface area contributed by atoms with Gasteiger partial charge in [0, 0.05) is 17.3 Å². The Morgan fingerprint density at radius 1 is 1.25 bits per heavy atom. The van der Waals surface area contributed by atoms with Gasteiger partial charge in [-0.05, 0) is 30.7 Å². The molecule has 7 heteroatoms. The molecule has 2 aromatic rings. The highest BCUT2D eigenvalue weighted by Gasteiger charge is 2.12. The van der Waals surface area contributed by atoms with Gasteiger partial charge in [0.25, 0.3) is 11.5 Å². The lowest BCUT2D eigenvalue weighted by atomic mass is 10.1. The van der Waals surface area contributed by atoms with E-state index in [0.29, 0.717) is 5.02 Å². The minimum Gasteiger partial charge on any atom is -0.454 e. The van der Waals surface area contributed by atoms with E-state index in [4.69, 9.17) is 16.3 Å². The molecule has 2 rings (SSSR count). The number of nitrogens with zero attached hydrogens (tertiary/aromatic N) is 1. The third kappa shape index (κ3) is 5.24. The van der Waals surface area contributed by atoms with Gasteiger partial charge in [-0.15, -0.1) is 0 Å². The molecule has 0 saturated carbocycles. The van der Waals surface area contributed by atoms with E-state index < -0.39 is 18.5 Å². The van der Waals surface area contributed by atoms with Gasteiger partial charge in [0.2, 0.25) is 0 Å². The van der Waals surface area contributed by atoms with E-state index in [2.05, 4.69) is 5.32 Å². The average Bonchev–Trinajstić information content (AvgIpc) is 2.55. The highest BCUT2D eigenvalue weighted by atomic mass is 35.5. The van der Waals surface area contributed by atoms with Gasteiger partial charge in [-0.3, -0.25) is 14.4 Å². The van der Waals surface area contributed by atoms with Crippen LogP contribution in [0.1, 0.15) is 18.5 Å². The van der Waals surface area contributed by atoms with Gasteiger partial charge in [0.15, 0.2) is 6.61 Å². The lowest BCUT2D eigenvalue weighted by Gasteiger charge is -2.14.